The van der Waals surface area contributed by atoms with Gasteiger partial charge in [0.15, 0.2) is 5.58 Å². The quantitative estimate of drug-likeness (QED) is 0.814. The summed E-state index contributed by atoms with van der Waals surface area (Å²) in [5.74, 6) is 0.573. The highest BCUT2D eigenvalue weighted by molar-refractivity contribution is 9.09. The number of halogens is 1. The third-order valence-electron chi connectivity index (χ3n) is 3.42. The second-order valence-corrected chi connectivity index (χ2v) is 5.91. The maximum atomic E-state index is 11.4. The van der Waals surface area contributed by atoms with Crippen LogP contribution in [0.1, 0.15) is 29.7 Å². The van der Waals surface area contributed by atoms with Gasteiger partial charge in [-0.1, -0.05) is 34.8 Å². The molecule has 0 aliphatic heterocycles. The van der Waals surface area contributed by atoms with E-state index >= 15 is 0 Å². The highest BCUT2D eigenvalue weighted by Crippen LogP contribution is 2.41. The van der Waals surface area contributed by atoms with Gasteiger partial charge in [-0.3, -0.25) is 4.57 Å². The molecule has 90 valence electrons. The number of nitrogens with zero attached hydrogens (tertiary/aromatic N) is 1. The third kappa shape index (κ3) is 2.06. The molecule has 17 heavy (non-hydrogen) atoms. The minimum absolute atomic E-state index is 0.300. The van der Waals surface area contributed by atoms with Crippen LogP contribution in [0.25, 0.3) is 11.1 Å². The largest absolute Gasteiger partial charge is 0.419 e. The van der Waals surface area contributed by atoms with Crippen LogP contribution in [0.4, 0.5) is 0 Å². The number of hydrogen-bond donors (Lipinski definition) is 0. The Hall–Kier alpha value is -1.03. The smallest absolute Gasteiger partial charge is 0.408 e. The summed E-state index contributed by atoms with van der Waals surface area (Å²) < 4.78 is 6.73. The third-order valence-corrected chi connectivity index (χ3v) is 4.32. The van der Waals surface area contributed by atoms with E-state index in [9.17, 15) is 4.79 Å². The van der Waals surface area contributed by atoms with Gasteiger partial charge < -0.3 is 4.42 Å². The van der Waals surface area contributed by atoms with Crippen molar-refractivity contribution in [2.24, 2.45) is 13.0 Å². The lowest BCUT2D eigenvalue weighted by atomic mass is 10.1. The topological polar surface area (TPSA) is 35.1 Å². The molecule has 0 bridgehead atoms. The van der Waals surface area contributed by atoms with Gasteiger partial charge >= 0.3 is 5.76 Å². The van der Waals surface area contributed by atoms with Gasteiger partial charge in [0.25, 0.3) is 0 Å². The van der Waals surface area contributed by atoms with E-state index in [1.165, 1.54) is 29.4 Å². The van der Waals surface area contributed by atoms with Gasteiger partial charge in [-0.15, -0.1) is 0 Å². The van der Waals surface area contributed by atoms with Crippen molar-refractivity contribution in [3.63, 3.8) is 0 Å². The minimum Gasteiger partial charge on any atom is -0.408 e. The van der Waals surface area contributed by atoms with Crippen molar-refractivity contribution >= 4 is 27.0 Å². The Kier molecular flexibility index (Phi) is 2.62. The van der Waals surface area contributed by atoms with Gasteiger partial charge in [0.1, 0.15) is 0 Å². The molecule has 0 spiro atoms. The second-order valence-electron chi connectivity index (χ2n) is 4.80. The van der Waals surface area contributed by atoms with Crippen molar-refractivity contribution in [1.82, 2.24) is 4.57 Å². The lowest BCUT2D eigenvalue weighted by Crippen LogP contribution is -2.08. The van der Waals surface area contributed by atoms with E-state index in [1.54, 1.807) is 7.05 Å². The highest BCUT2D eigenvalue weighted by atomic mass is 79.9. The predicted octanol–water partition coefficient (Wildman–Crippen LogP) is 3.37. The summed E-state index contributed by atoms with van der Waals surface area (Å²) in [6, 6.07) is 5.99. The minimum atomic E-state index is -0.300. The fraction of sp³-hybridized carbons (Fsp3) is 0.462. The Labute approximate surface area is 108 Å². The van der Waals surface area contributed by atoms with Crippen LogP contribution in [0.15, 0.2) is 27.4 Å². The van der Waals surface area contributed by atoms with Crippen LogP contribution >= 0.6 is 15.9 Å². The number of aryl methyl sites for hydroxylation is 1. The van der Waals surface area contributed by atoms with Gasteiger partial charge in [-0.25, -0.2) is 4.79 Å². The molecular formula is C13H14BrNO2. The van der Waals surface area contributed by atoms with Gasteiger partial charge in [0.05, 0.1) is 5.52 Å². The summed E-state index contributed by atoms with van der Waals surface area (Å²) in [5, 5.41) is 0. The molecule has 3 rings (SSSR count). The Morgan fingerprint density at radius 1 is 1.53 bits per heavy atom. The molecule has 0 saturated heterocycles. The molecule has 1 fully saturated rings. The first kappa shape index (κ1) is 11.1. The van der Waals surface area contributed by atoms with Crippen LogP contribution in [-0.2, 0) is 7.05 Å². The maximum absolute atomic E-state index is 11.4. The van der Waals surface area contributed by atoms with Crippen molar-refractivity contribution < 1.29 is 4.42 Å². The zero-order valence-corrected chi connectivity index (χ0v) is 11.2. The molecule has 0 amide bonds. The summed E-state index contributed by atoms with van der Waals surface area (Å²) >= 11 is 3.71. The Bertz CT molecular complexity index is 609. The number of benzene rings is 1. The number of oxazole rings is 1. The maximum Gasteiger partial charge on any atom is 0.419 e. The van der Waals surface area contributed by atoms with Crippen LogP contribution in [0.3, 0.4) is 0 Å². The van der Waals surface area contributed by atoms with E-state index in [2.05, 4.69) is 22.0 Å². The lowest BCUT2D eigenvalue weighted by molar-refractivity contribution is 0.527. The second kappa shape index (κ2) is 4.02. The first-order valence-electron chi connectivity index (χ1n) is 5.88. The molecule has 1 aliphatic rings. The van der Waals surface area contributed by atoms with Crippen LogP contribution in [0.5, 0.6) is 0 Å². The number of aromatic nitrogens is 1. The first-order chi connectivity index (χ1) is 8.15. The summed E-state index contributed by atoms with van der Waals surface area (Å²) in [4.78, 5) is 11.8. The van der Waals surface area contributed by atoms with E-state index in [-0.39, 0.29) is 5.76 Å². The summed E-state index contributed by atoms with van der Waals surface area (Å²) in [5.41, 5.74) is 2.72. The van der Waals surface area contributed by atoms with Crippen molar-refractivity contribution in [3.8, 4) is 0 Å². The van der Waals surface area contributed by atoms with E-state index in [0.717, 1.165) is 11.4 Å². The van der Waals surface area contributed by atoms with Gasteiger partial charge in [-0.05, 0) is 30.0 Å². The molecule has 1 aliphatic carbocycles. The van der Waals surface area contributed by atoms with Crippen LogP contribution in [0.2, 0.25) is 0 Å². The van der Waals surface area contributed by atoms with Crippen LogP contribution < -0.4 is 5.76 Å². The van der Waals surface area contributed by atoms with Crippen molar-refractivity contribution in [3.05, 3.63) is 34.3 Å². The van der Waals surface area contributed by atoms with Gasteiger partial charge in [0.2, 0.25) is 0 Å². The van der Waals surface area contributed by atoms with Gasteiger partial charge in [-0.2, -0.15) is 0 Å². The summed E-state index contributed by atoms with van der Waals surface area (Å²) in [6.45, 7) is 0. The zero-order valence-electron chi connectivity index (χ0n) is 9.65. The molecule has 1 aromatic carbocycles. The number of rotatable bonds is 3. The molecule has 4 heteroatoms. The molecule has 0 N–H and O–H groups in total. The molecule has 1 heterocycles. The van der Waals surface area contributed by atoms with Crippen molar-refractivity contribution in [2.75, 3.05) is 0 Å². The van der Waals surface area contributed by atoms with Crippen molar-refractivity contribution in [2.45, 2.75) is 24.1 Å². The Balaban J connectivity index is 1.97. The standard InChI is InChI=1S/C13H14BrNO2/c1-15-11-5-4-9(7-12(11)17-13(15)16)10(14)6-8-2-3-8/h4-5,7-8,10H,2-3,6H2,1H3. The van der Waals surface area contributed by atoms with E-state index in [0.29, 0.717) is 10.4 Å². The van der Waals surface area contributed by atoms with E-state index in [1.807, 2.05) is 12.1 Å². The first-order valence-corrected chi connectivity index (χ1v) is 6.80. The molecular weight excluding hydrogens is 282 g/mol. The monoisotopic (exact) mass is 295 g/mol. The number of alkyl halides is 1. The van der Waals surface area contributed by atoms with Crippen LogP contribution in [0, 0.1) is 5.92 Å². The van der Waals surface area contributed by atoms with E-state index < -0.39 is 0 Å². The fourth-order valence-electron chi connectivity index (χ4n) is 2.13. The lowest BCUT2D eigenvalue weighted by Gasteiger charge is -2.08. The summed E-state index contributed by atoms with van der Waals surface area (Å²) in [6.07, 6.45) is 3.87. The molecule has 1 atom stereocenters. The number of fused-ring (bicyclic) bond motifs is 1. The average Bonchev–Trinajstić information content (AvgIpc) is 3.07. The predicted molar refractivity (Wildman–Crippen MR) is 70.5 cm³/mol. The Morgan fingerprint density at radius 2 is 2.29 bits per heavy atom. The zero-order chi connectivity index (χ0) is 12.0. The average molecular weight is 296 g/mol. The normalized spacial score (nSPS) is 17.5. The molecule has 1 unspecified atom stereocenters. The molecule has 1 saturated carbocycles. The number of hydrogen-bond acceptors (Lipinski definition) is 2. The molecule has 3 nitrogen and oxygen atoms in total. The fourth-order valence-corrected chi connectivity index (χ4v) is 2.94. The molecule has 1 aromatic heterocycles. The molecule has 2 aromatic rings. The Morgan fingerprint density at radius 3 is 3.00 bits per heavy atom. The van der Waals surface area contributed by atoms with Crippen LogP contribution in [-0.4, -0.2) is 4.57 Å². The SMILES string of the molecule is Cn1c(=O)oc2cc(C(Br)CC3CC3)ccc21. The molecule has 0 radical (unpaired) electrons. The van der Waals surface area contributed by atoms with E-state index in [4.69, 9.17) is 4.42 Å². The summed E-state index contributed by atoms with van der Waals surface area (Å²) in [7, 11) is 1.73. The van der Waals surface area contributed by atoms with Gasteiger partial charge in [0, 0.05) is 11.9 Å². The highest BCUT2D eigenvalue weighted by Gasteiger charge is 2.25. The van der Waals surface area contributed by atoms with Crippen molar-refractivity contribution in [1.29, 1.82) is 0 Å².